The second-order valence-electron chi connectivity index (χ2n) is 7.36. The van der Waals surface area contributed by atoms with Gasteiger partial charge in [-0.25, -0.2) is 18.4 Å². The molecule has 9 nitrogen and oxygen atoms in total. The number of sulfone groups is 1. The van der Waals surface area contributed by atoms with Gasteiger partial charge in [-0.15, -0.1) is 0 Å². The quantitative estimate of drug-likeness (QED) is 0.254. The molecule has 2 heterocycles. The van der Waals surface area contributed by atoms with Gasteiger partial charge in [-0.05, 0) is 54.1 Å². The first-order valence-electron chi connectivity index (χ1n) is 9.89. The zero-order chi connectivity index (χ0) is 24.0. The van der Waals surface area contributed by atoms with Crippen molar-refractivity contribution in [3.63, 3.8) is 0 Å². The molecule has 0 atom stereocenters. The maximum atomic E-state index is 13.6. The van der Waals surface area contributed by atoms with Crippen LogP contribution in [0.25, 0.3) is 22.2 Å². The number of phenolic OH excluding ortho intramolecular Hbond substituents is 2. The number of aromatic hydroxyl groups is 2. The van der Waals surface area contributed by atoms with Crippen molar-refractivity contribution in [1.82, 2.24) is 14.6 Å². The van der Waals surface area contributed by atoms with E-state index in [0.29, 0.717) is 16.6 Å². The molecular formula is C23H16ClN5O4S. The highest BCUT2D eigenvalue weighted by Crippen LogP contribution is 2.36. The smallest absolute Gasteiger partial charge is 0.212 e. The van der Waals surface area contributed by atoms with E-state index >= 15 is 0 Å². The summed E-state index contributed by atoms with van der Waals surface area (Å²) in [5.41, 5.74) is 7.97. The normalized spacial score (nSPS) is 12.1. The van der Waals surface area contributed by atoms with Crippen LogP contribution in [0.2, 0.25) is 5.02 Å². The van der Waals surface area contributed by atoms with E-state index in [-0.39, 0.29) is 43.3 Å². The molecule has 3 aromatic carbocycles. The number of rotatable bonds is 4. The number of aromatic nitrogens is 3. The molecule has 5 rings (SSSR count). The molecule has 0 unspecified atom stereocenters. The van der Waals surface area contributed by atoms with Gasteiger partial charge in [0.2, 0.25) is 9.84 Å². The third-order valence-electron chi connectivity index (χ3n) is 5.13. The number of nitrogens with two attached hydrogens (primary N) is 1. The molecule has 0 radical (unpaired) electrons. The SMILES string of the molecule is Nc1c(S(=O)(=O)c2cccc(Cl)c2)c2nc3ccccc3nc2n1N=Cc1ccc(O)c(O)c1. The Morgan fingerprint density at radius 1 is 0.941 bits per heavy atom. The minimum absolute atomic E-state index is 0.0480. The van der Waals surface area contributed by atoms with Gasteiger partial charge in [0, 0.05) is 5.02 Å². The Balaban J connectivity index is 1.79. The summed E-state index contributed by atoms with van der Waals surface area (Å²) in [6, 6.07) is 17.0. The average Bonchev–Trinajstić information content (AvgIpc) is 3.09. The van der Waals surface area contributed by atoms with Gasteiger partial charge < -0.3 is 15.9 Å². The van der Waals surface area contributed by atoms with Crippen LogP contribution >= 0.6 is 11.6 Å². The maximum Gasteiger partial charge on any atom is 0.212 e. The average molecular weight is 494 g/mol. The third-order valence-corrected chi connectivity index (χ3v) is 7.18. The molecule has 0 aliphatic carbocycles. The maximum absolute atomic E-state index is 13.6. The van der Waals surface area contributed by atoms with Crippen LogP contribution in [0, 0.1) is 0 Å². The highest BCUT2D eigenvalue weighted by atomic mass is 35.5. The summed E-state index contributed by atoms with van der Waals surface area (Å²) in [6.45, 7) is 0. The molecule has 0 aliphatic rings. The van der Waals surface area contributed by atoms with Gasteiger partial charge in [-0.2, -0.15) is 9.78 Å². The number of para-hydroxylation sites is 2. The van der Waals surface area contributed by atoms with Crippen molar-refractivity contribution >= 4 is 55.7 Å². The van der Waals surface area contributed by atoms with E-state index in [0.717, 1.165) is 0 Å². The standard InChI is InChI=1S/C23H16ClN5O4S/c24-14-4-3-5-15(11-14)34(32,33)21-20-23(28-17-7-2-1-6-16(17)27-20)29(22(21)25)26-12-13-8-9-18(30)19(31)10-13/h1-12,30-31H,25H2. The molecule has 0 bridgehead atoms. The Hall–Kier alpha value is -4.15. The molecular weight excluding hydrogens is 478 g/mol. The van der Waals surface area contributed by atoms with Crippen LogP contribution in [0.15, 0.2) is 81.6 Å². The minimum atomic E-state index is -4.14. The summed E-state index contributed by atoms with van der Waals surface area (Å²) in [4.78, 5) is 8.80. The summed E-state index contributed by atoms with van der Waals surface area (Å²) in [5, 5.41) is 23.8. The molecule has 34 heavy (non-hydrogen) atoms. The highest BCUT2D eigenvalue weighted by Gasteiger charge is 2.30. The van der Waals surface area contributed by atoms with E-state index < -0.39 is 9.84 Å². The fraction of sp³-hybridized carbons (Fsp3) is 0. The lowest BCUT2D eigenvalue weighted by atomic mass is 10.2. The Bertz CT molecular complexity index is 1730. The second-order valence-corrected chi connectivity index (χ2v) is 9.69. The van der Waals surface area contributed by atoms with Gasteiger partial charge >= 0.3 is 0 Å². The van der Waals surface area contributed by atoms with Crippen LogP contribution < -0.4 is 5.73 Å². The lowest BCUT2D eigenvalue weighted by molar-refractivity contribution is 0.403. The number of fused-ring (bicyclic) bond motifs is 2. The fourth-order valence-corrected chi connectivity index (χ4v) is 5.29. The summed E-state index contributed by atoms with van der Waals surface area (Å²) in [7, 11) is -4.14. The Morgan fingerprint density at radius 2 is 1.68 bits per heavy atom. The van der Waals surface area contributed by atoms with Crippen LogP contribution in [-0.4, -0.2) is 39.5 Å². The number of phenols is 2. The van der Waals surface area contributed by atoms with Crippen molar-refractivity contribution < 1.29 is 18.6 Å². The van der Waals surface area contributed by atoms with Gasteiger partial charge in [-0.1, -0.05) is 29.8 Å². The van der Waals surface area contributed by atoms with Gasteiger partial charge in [-0.3, -0.25) is 0 Å². The van der Waals surface area contributed by atoms with Gasteiger partial charge in [0.15, 0.2) is 17.1 Å². The predicted molar refractivity (Wildman–Crippen MR) is 129 cm³/mol. The van der Waals surface area contributed by atoms with Crippen molar-refractivity contribution in [2.75, 3.05) is 5.73 Å². The van der Waals surface area contributed by atoms with E-state index in [1.54, 1.807) is 30.3 Å². The van der Waals surface area contributed by atoms with E-state index in [4.69, 9.17) is 17.3 Å². The number of nitrogens with zero attached hydrogens (tertiary/aromatic N) is 4. The van der Waals surface area contributed by atoms with E-state index in [9.17, 15) is 18.6 Å². The number of anilines is 1. The lowest BCUT2D eigenvalue weighted by Crippen LogP contribution is -2.06. The Kier molecular flexibility index (Phi) is 5.11. The molecule has 4 N–H and O–H groups in total. The van der Waals surface area contributed by atoms with E-state index in [2.05, 4.69) is 15.1 Å². The van der Waals surface area contributed by atoms with Gasteiger partial charge in [0.25, 0.3) is 0 Å². The number of hydrogen-bond donors (Lipinski definition) is 3. The number of hydrogen-bond acceptors (Lipinski definition) is 8. The number of halogens is 1. The number of benzene rings is 3. The van der Waals surface area contributed by atoms with Crippen LogP contribution in [0.5, 0.6) is 11.5 Å². The van der Waals surface area contributed by atoms with Crippen LogP contribution in [-0.2, 0) is 9.84 Å². The molecule has 0 aliphatic heterocycles. The molecule has 0 fully saturated rings. The van der Waals surface area contributed by atoms with Crippen molar-refractivity contribution in [2.24, 2.45) is 5.10 Å². The summed E-state index contributed by atoms with van der Waals surface area (Å²) >= 11 is 6.03. The summed E-state index contributed by atoms with van der Waals surface area (Å²) < 4.78 is 28.4. The molecule has 2 aromatic heterocycles. The Labute approximate surface area is 198 Å². The molecule has 0 saturated heterocycles. The van der Waals surface area contributed by atoms with Crippen LogP contribution in [0.1, 0.15) is 5.56 Å². The molecule has 0 amide bonds. The van der Waals surface area contributed by atoms with Crippen LogP contribution in [0.3, 0.4) is 0 Å². The largest absolute Gasteiger partial charge is 0.504 e. The van der Waals surface area contributed by atoms with Crippen molar-refractivity contribution in [1.29, 1.82) is 0 Å². The summed E-state index contributed by atoms with van der Waals surface area (Å²) in [6.07, 6.45) is 1.35. The van der Waals surface area contributed by atoms with Crippen LogP contribution in [0.4, 0.5) is 5.82 Å². The first-order chi connectivity index (χ1) is 16.3. The monoisotopic (exact) mass is 493 g/mol. The fourth-order valence-electron chi connectivity index (χ4n) is 3.50. The molecule has 5 aromatic rings. The topological polar surface area (TPSA) is 144 Å². The van der Waals surface area contributed by atoms with Crippen molar-refractivity contribution in [3.8, 4) is 11.5 Å². The zero-order valence-electron chi connectivity index (χ0n) is 17.3. The minimum Gasteiger partial charge on any atom is -0.504 e. The third kappa shape index (κ3) is 3.58. The van der Waals surface area contributed by atoms with Crippen molar-refractivity contribution in [3.05, 3.63) is 77.3 Å². The molecule has 170 valence electrons. The first-order valence-corrected chi connectivity index (χ1v) is 11.8. The van der Waals surface area contributed by atoms with Gasteiger partial charge in [0.05, 0.1) is 22.1 Å². The highest BCUT2D eigenvalue weighted by molar-refractivity contribution is 7.92. The summed E-state index contributed by atoms with van der Waals surface area (Å²) in [5.74, 6) is -0.802. The predicted octanol–water partition coefficient (Wildman–Crippen LogP) is 3.95. The zero-order valence-corrected chi connectivity index (χ0v) is 18.9. The van der Waals surface area contributed by atoms with E-state index in [1.165, 1.54) is 47.3 Å². The first kappa shape index (κ1) is 21.7. The number of nitrogen functional groups attached to an aromatic ring is 1. The molecule has 0 spiro atoms. The Morgan fingerprint density at radius 3 is 2.38 bits per heavy atom. The molecule has 0 saturated carbocycles. The van der Waals surface area contributed by atoms with Gasteiger partial charge in [0.1, 0.15) is 16.2 Å². The molecule has 11 heteroatoms. The lowest BCUT2D eigenvalue weighted by Gasteiger charge is -2.05. The second kappa shape index (κ2) is 8.01. The van der Waals surface area contributed by atoms with E-state index in [1.807, 2.05) is 0 Å². The van der Waals surface area contributed by atoms with Crippen molar-refractivity contribution in [2.45, 2.75) is 9.79 Å².